The quantitative estimate of drug-likeness (QED) is 0.221. The smallest absolute Gasteiger partial charge is 0.335 e. The molecule has 8 rings (SSSR count). The molecule has 1 N–H and O–H groups in total. The Morgan fingerprint density at radius 1 is 0.660 bits per heavy atom. The van der Waals surface area contributed by atoms with Gasteiger partial charge in [-0.15, -0.1) is 0 Å². The summed E-state index contributed by atoms with van der Waals surface area (Å²) in [6.45, 7) is 12.1. The molecule has 6 nitrogen and oxygen atoms in total. The molecule has 7 heteroatoms. The van der Waals surface area contributed by atoms with E-state index in [-0.39, 0.29) is 22.5 Å². The zero-order valence-electron chi connectivity index (χ0n) is 29.8. The maximum atomic E-state index is 11.2. The summed E-state index contributed by atoms with van der Waals surface area (Å²) in [5.74, 6) is -0.857. The zero-order valence-corrected chi connectivity index (χ0v) is 31.3. The summed E-state index contributed by atoms with van der Waals surface area (Å²) in [4.78, 5) is 16.3. The number of aryl methyl sites for hydroxylation is 2. The summed E-state index contributed by atoms with van der Waals surface area (Å²) in [5.41, 5.74) is 7.95. The van der Waals surface area contributed by atoms with Crippen molar-refractivity contribution in [1.29, 1.82) is 0 Å². The molecule has 2 saturated heterocycles. The Morgan fingerprint density at radius 2 is 1.12 bits per heavy atom. The molecule has 2 unspecified atom stereocenters. The molecule has 2 aliphatic heterocycles. The summed E-state index contributed by atoms with van der Waals surface area (Å²) in [6.07, 6.45) is 6.14. The first kappa shape index (κ1) is 35.1. The van der Waals surface area contributed by atoms with Crippen molar-refractivity contribution in [3.63, 3.8) is 0 Å². The highest BCUT2D eigenvalue weighted by Crippen LogP contribution is 2.46. The minimum atomic E-state index is -0.857. The van der Waals surface area contributed by atoms with Crippen LogP contribution in [0.15, 0.2) is 102 Å². The van der Waals surface area contributed by atoms with Gasteiger partial charge < -0.3 is 14.6 Å². The van der Waals surface area contributed by atoms with Gasteiger partial charge in [0.1, 0.15) is 11.4 Å². The van der Waals surface area contributed by atoms with Crippen molar-refractivity contribution in [2.45, 2.75) is 102 Å². The van der Waals surface area contributed by atoms with Crippen molar-refractivity contribution in [3.05, 3.63) is 140 Å². The van der Waals surface area contributed by atoms with E-state index in [1.54, 1.807) is 6.07 Å². The first-order valence-corrected chi connectivity index (χ1v) is 18.7. The topological polar surface area (TPSA) is 62.2 Å². The molecule has 50 heavy (non-hydrogen) atoms. The molecule has 0 saturated carbocycles. The Hall–Kier alpha value is -3.33. The predicted molar refractivity (Wildman–Crippen MR) is 201 cm³/mol. The number of carbonyl (C=O) groups is 1. The lowest BCUT2D eigenvalue weighted by Crippen LogP contribution is -2.54. The van der Waals surface area contributed by atoms with E-state index in [1.165, 1.54) is 37.9 Å². The lowest BCUT2D eigenvalue weighted by molar-refractivity contribution is -0.0676. The van der Waals surface area contributed by atoms with Gasteiger partial charge in [0.2, 0.25) is 0 Å². The van der Waals surface area contributed by atoms with E-state index in [9.17, 15) is 9.90 Å². The minimum Gasteiger partial charge on any atom is -0.478 e. The summed E-state index contributed by atoms with van der Waals surface area (Å²) in [6, 6.07) is 33.6. The number of benzene rings is 4. The van der Waals surface area contributed by atoms with Crippen LogP contribution in [0, 0.1) is 0 Å². The van der Waals surface area contributed by atoms with Gasteiger partial charge in [-0.3, -0.25) is 9.80 Å². The summed E-state index contributed by atoms with van der Waals surface area (Å²) < 4.78 is 13.7. The SMILES string of the molecule is CC1(C)OCC2(CCc3cc(Br)ccc3C2)N1Cc1ccccc1.CC1(C)OCC2(CCc3cc(C(=O)O)ccc3C2)N1Cc1ccccc1. The van der Waals surface area contributed by atoms with Crippen LogP contribution in [0.4, 0.5) is 0 Å². The van der Waals surface area contributed by atoms with Crippen LogP contribution in [-0.4, -0.2) is 56.6 Å². The van der Waals surface area contributed by atoms with Crippen LogP contribution in [0.2, 0.25) is 0 Å². The zero-order chi connectivity index (χ0) is 35.1. The fourth-order valence-electron chi connectivity index (χ4n) is 8.82. The number of carboxylic acids is 1. The van der Waals surface area contributed by atoms with Crippen LogP contribution < -0.4 is 0 Å². The first-order chi connectivity index (χ1) is 23.9. The number of rotatable bonds is 5. The maximum absolute atomic E-state index is 11.2. The fraction of sp³-hybridized carbons (Fsp3) is 0.419. The lowest BCUT2D eigenvalue weighted by Gasteiger charge is -2.45. The number of carboxylic acid groups (broad SMARTS) is 1. The molecule has 4 aliphatic rings. The third kappa shape index (κ3) is 6.96. The van der Waals surface area contributed by atoms with E-state index in [4.69, 9.17) is 9.47 Å². The average Bonchev–Trinajstić information content (AvgIpc) is 3.49. The van der Waals surface area contributed by atoms with E-state index in [1.807, 2.05) is 18.2 Å². The average molecular weight is 738 g/mol. The second-order valence-electron chi connectivity index (χ2n) is 15.6. The molecular weight excluding hydrogens is 688 g/mol. The maximum Gasteiger partial charge on any atom is 0.335 e. The van der Waals surface area contributed by atoms with Crippen LogP contribution in [0.25, 0.3) is 0 Å². The van der Waals surface area contributed by atoms with Crippen LogP contribution in [0.3, 0.4) is 0 Å². The number of halogens is 1. The number of hydrogen-bond donors (Lipinski definition) is 1. The van der Waals surface area contributed by atoms with Crippen LogP contribution in [0.5, 0.6) is 0 Å². The van der Waals surface area contributed by atoms with E-state index < -0.39 is 5.97 Å². The van der Waals surface area contributed by atoms with Crippen molar-refractivity contribution < 1.29 is 19.4 Å². The highest BCUT2D eigenvalue weighted by atomic mass is 79.9. The molecule has 4 aromatic carbocycles. The van der Waals surface area contributed by atoms with Gasteiger partial charge in [0.05, 0.1) is 29.9 Å². The van der Waals surface area contributed by atoms with Gasteiger partial charge in [-0.2, -0.15) is 0 Å². The summed E-state index contributed by atoms with van der Waals surface area (Å²) >= 11 is 3.60. The minimum absolute atomic E-state index is 0.0307. The summed E-state index contributed by atoms with van der Waals surface area (Å²) in [7, 11) is 0. The van der Waals surface area contributed by atoms with Gasteiger partial charge in [-0.25, -0.2) is 4.79 Å². The second-order valence-corrected chi connectivity index (χ2v) is 16.5. The fourth-order valence-corrected chi connectivity index (χ4v) is 9.22. The molecule has 2 aliphatic carbocycles. The Kier molecular flexibility index (Phi) is 9.59. The lowest BCUT2D eigenvalue weighted by atomic mass is 9.76. The van der Waals surface area contributed by atoms with Crippen molar-refractivity contribution in [2.75, 3.05) is 13.2 Å². The van der Waals surface area contributed by atoms with Gasteiger partial charge in [0, 0.05) is 17.6 Å². The third-order valence-electron chi connectivity index (χ3n) is 11.6. The molecule has 2 atom stereocenters. The predicted octanol–water partition coefficient (Wildman–Crippen LogP) is 8.83. The van der Waals surface area contributed by atoms with Crippen LogP contribution >= 0.6 is 15.9 Å². The third-order valence-corrected chi connectivity index (χ3v) is 12.1. The number of ether oxygens (including phenoxy) is 2. The standard InChI is InChI=1S/C22H25NO3.C21H24BrNO/c1-21(2)23(14-16-6-4-3-5-7-16)22(15-26-21)11-10-17-12-18(20(24)25)8-9-19(17)13-22;1-20(2)23(14-16-6-4-3-5-7-16)21(15-24-20)11-10-17-12-19(22)9-8-18(17)13-21/h3-9,12H,10-11,13-15H2,1-2H3,(H,24,25);3-9,12H,10-11,13-15H2,1-2H3. The van der Waals surface area contributed by atoms with E-state index in [0.29, 0.717) is 12.2 Å². The molecule has 0 radical (unpaired) electrons. The molecule has 262 valence electrons. The molecule has 4 aromatic rings. The van der Waals surface area contributed by atoms with E-state index in [2.05, 4.69) is 126 Å². The van der Waals surface area contributed by atoms with Crippen molar-refractivity contribution in [1.82, 2.24) is 9.80 Å². The highest BCUT2D eigenvalue weighted by molar-refractivity contribution is 9.10. The molecule has 0 amide bonds. The molecule has 2 spiro atoms. The second kappa shape index (κ2) is 13.7. The molecular formula is C43H49BrN2O4. The number of aromatic carboxylic acids is 1. The van der Waals surface area contributed by atoms with Crippen molar-refractivity contribution in [3.8, 4) is 0 Å². The normalized spacial score (nSPS) is 25.1. The van der Waals surface area contributed by atoms with Crippen LogP contribution in [0.1, 0.15) is 84.3 Å². The Bertz CT molecular complexity index is 1840. The summed E-state index contributed by atoms with van der Waals surface area (Å²) in [5, 5.41) is 9.24. The molecule has 0 aromatic heterocycles. The largest absolute Gasteiger partial charge is 0.478 e. The van der Waals surface area contributed by atoms with E-state index >= 15 is 0 Å². The Labute approximate surface area is 305 Å². The van der Waals surface area contributed by atoms with Crippen molar-refractivity contribution in [2.24, 2.45) is 0 Å². The van der Waals surface area contributed by atoms with Gasteiger partial charge in [0.15, 0.2) is 0 Å². The van der Waals surface area contributed by atoms with Crippen molar-refractivity contribution >= 4 is 21.9 Å². The van der Waals surface area contributed by atoms with Gasteiger partial charge in [-0.05, 0) is 124 Å². The Morgan fingerprint density at radius 3 is 1.60 bits per heavy atom. The van der Waals surface area contributed by atoms with E-state index in [0.717, 1.165) is 58.2 Å². The number of nitrogens with zero attached hydrogens (tertiary/aromatic N) is 2. The molecule has 2 heterocycles. The number of fused-ring (bicyclic) bond motifs is 2. The van der Waals surface area contributed by atoms with Gasteiger partial charge >= 0.3 is 5.97 Å². The molecule has 0 bridgehead atoms. The first-order valence-electron chi connectivity index (χ1n) is 17.9. The van der Waals surface area contributed by atoms with Crippen LogP contribution in [-0.2, 0) is 48.2 Å². The van der Waals surface area contributed by atoms with Gasteiger partial charge in [-0.1, -0.05) is 88.7 Å². The number of hydrogen-bond acceptors (Lipinski definition) is 5. The Balaban J connectivity index is 0.000000157. The van der Waals surface area contributed by atoms with Gasteiger partial charge in [0.25, 0.3) is 0 Å². The highest BCUT2D eigenvalue weighted by Gasteiger charge is 2.53. The molecule has 2 fully saturated rings. The monoisotopic (exact) mass is 736 g/mol.